The van der Waals surface area contributed by atoms with E-state index in [1.54, 1.807) is 12.1 Å². The number of rotatable bonds is 2. The number of fused-ring (bicyclic) bond motifs is 1. The fourth-order valence-electron chi connectivity index (χ4n) is 2.36. The van der Waals surface area contributed by atoms with Crippen LogP contribution in [-0.4, -0.2) is 5.91 Å². The van der Waals surface area contributed by atoms with Gasteiger partial charge in [0, 0.05) is 16.9 Å². The summed E-state index contributed by atoms with van der Waals surface area (Å²) in [6.45, 7) is 1.52. The first-order chi connectivity index (χ1) is 10.9. The summed E-state index contributed by atoms with van der Waals surface area (Å²) in [5, 5.41) is 3.28. The summed E-state index contributed by atoms with van der Waals surface area (Å²) in [5.41, 5.74) is 8.56. The van der Waals surface area contributed by atoms with Crippen LogP contribution in [0.2, 0.25) is 5.02 Å². The quantitative estimate of drug-likeness (QED) is 0.458. The maximum absolute atomic E-state index is 14.2. The number of amides is 1. The lowest BCUT2D eigenvalue weighted by Gasteiger charge is -2.24. The highest BCUT2D eigenvalue weighted by atomic mass is 35.5. The minimum Gasteiger partial charge on any atom is -0.444 e. The van der Waals surface area contributed by atoms with E-state index in [4.69, 9.17) is 26.6 Å². The molecule has 0 aromatic heterocycles. The van der Waals surface area contributed by atoms with Crippen molar-refractivity contribution in [1.29, 1.82) is 0 Å². The zero-order valence-corrected chi connectivity index (χ0v) is 12.5. The van der Waals surface area contributed by atoms with Crippen molar-refractivity contribution in [3.63, 3.8) is 0 Å². The third-order valence-electron chi connectivity index (χ3n) is 3.37. The van der Waals surface area contributed by atoms with Crippen LogP contribution in [-0.2, 0) is 5.79 Å². The number of hydrogen-bond donors (Lipinski definition) is 0. The number of nitrogens with zero attached hydrogens (tertiary/aromatic N) is 3. The van der Waals surface area contributed by atoms with Gasteiger partial charge in [0.15, 0.2) is 11.5 Å². The fourth-order valence-corrected chi connectivity index (χ4v) is 2.52. The average molecular weight is 334 g/mol. The topological polar surface area (TPSA) is 84.3 Å². The molecule has 0 fully saturated rings. The highest BCUT2D eigenvalue weighted by Crippen LogP contribution is 2.46. The Morgan fingerprint density at radius 3 is 2.83 bits per heavy atom. The van der Waals surface area contributed by atoms with Crippen LogP contribution >= 0.6 is 11.6 Å². The number of azide groups is 1. The van der Waals surface area contributed by atoms with Gasteiger partial charge >= 0.3 is 0 Å². The van der Waals surface area contributed by atoms with Gasteiger partial charge in [-0.25, -0.2) is 4.39 Å². The van der Waals surface area contributed by atoms with Gasteiger partial charge in [0.1, 0.15) is 5.82 Å². The Bertz CT molecular complexity index is 867. The molecular weight excluding hydrogens is 325 g/mol. The predicted molar refractivity (Wildman–Crippen MR) is 79.9 cm³/mol. The van der Waals surface area contributed by atoms with Gasteiger partial charge in [-0.15, -0.1) is 0 Å². The zero-order valence-electron chi connectivity index (χ0n) is 11.8. The number of benzene rings is 2. The number of carbonyl (C=O) groups excluding carboxylic acids is 1. The minimum atomic E-state index is -1.47. The molecule has 3 rings (SSSR count). The van der Waals surface area contributed by atoms with Crippen LogP contribution < -0.4 is 9.47 Å². The summed E-state index contributed by atoms with van der Waals surface area (Å²) in [6.07, 6.45) is 0. The average Bonchev–Trinajstić information content (AvgIpc) is 2.84. The summed E-state index contributed by atoms with van der Waals surface area (Å²) in [7, 11) is 0. The summed E-state index contributed by atoms with van der Waals surface area (Å²) in [5.74, 6) is -2.53. The van der Waals surface area contributed by atoms with Crippen molar-refractivity contribution < 1.29 is 18.7 Å². The Kier molecular flexibility index (Phi) is 3.60. The minimum absolute atomic E-state index is 0.0402. The number of ether oxygens (including phenoxy) is 2. The summed E-state index contributed by atoms with van der Waals surface area (Å²) < 4.78 is 25.5. The van der Waals surface area contributed by atoms with E-state index in [-0.39, 0.29) is 27.6 Å². The molecule has 6 nitrogen and oxygen atoms in total. The molecule has 23 heavy (non-hydrogen) atoms. The molecule has 1 unspecified atom stereocenters. The van der Waals surface area contributed by atoms with Gasteiger partial charge in [-0.3, -0.25) is 4.79 Å². The van der Waals surface area contributed by atoms with Crippen LogP contribution in [0, 0.1) is 5.82 Å². The summed E-state index contributed by atoms with van der Waals surface area (Å²) in [4.78, 5) is 14.3. The van der Waals surface area contributed by atoms with Crippen molar-refractivity contribution in [3.8, 4) is 11.5 Å². The van der Waals surface area contributed by atoms with E-state index >= 15 is 0 Å². The van der Waals surface area contributed by atoms with Crippen molar-refractivity contribution >= 4 is 17.5 Å². The smallest absolute Gasteiger partial charge is 0.278 e. The van der Waals surface area contributed by atoms with Gasteiger partial charge < -0.3 is 9.47 Å². The molecule has 0 bridgehead atoms. The molecule has 1 heterocycles. The molecule has 0 radical (unpaired) electrons. The lowest BCUT2D eigenvalue weighted by Crippen LogP contribution is -2.32. The van der Waals surface area contributed by atoms with E-state index in [1.165, 1.54) is 25.1 Å². The fraction of sp³-hybridized carbons (Fsp3) is 0.133. The Morgan fingerprint density at radius 2 is 2.13 bits per heavy atom. The maximum Gasteiger partial charge on any atom is 0.278 e. The van der Waals surface area contributed by atoms with E-state index in [0.29, 0.717) is 0 Å². The summed E-state index contributed by atoms with van der Waals surface area (Å²) in [6, 6.07) is 8.64. The van der Waals surface area contributed by atoms with Crippen LogP contribution in [0.1, 0.15) is 22.8 Å². The Labute approximate surface area is 135 Å². The second kappa shape index (κ2) is 5.46. The highest BCUT2D eigenvalue weighted by molar-refractivity contribution is 6.30. The molecule has 0 saturated carbocycles. The first-order valence-electron chi connectivity index (χ1n) is 6.50. The van der Waals surface area contributed by atoms with Gasteiger partial charge in [0.25, 0.3) is 11.7 Å². The van der Waals surface area contributed by atoms with E-state index in [2.05, 4.69) is 10.0 Å². The van der Waals surface area contributed by atoms with Crippen LogP contribution in [0.15, 0.2) is 41.5 Å². The Morgan fingerprint density at radius 1 is 1.35 bits per heavy atom. The first kappa shape index (κ1) is 15.1. The van der Waals surface area contributed by atoms with Gasteiger partial charge in [-0.2, -0.15) is 0 Å². The third-order valence-corrected chi connectivity index (χ3v) is 3.60. The first-order valence-corrected chi connectivity index (χ1v) is 6.88. The van der Waals surface area contributed by atoms with Crippen molar-refractivity contribution in [3.05, 3.63) is 68.8 Å². The van der Waals surface area contributed by atoms with E-state index in [0.717, 1.165) is 6.07 Å². The molecule has 0 N–H and O–H groups in total. The SMILES string of the molecule is CC1(c2ccc(Cl)cc2F)Oc2cccc(C(=O)N=[N+]=[N-])c2O1. The molecule has 1 amide bonds. The van der Waals surface area contributed by atoms with Crippen molar-refractivity contribution in [2.45, 2.75) is 12.7 Å². The maximum atomic E-state index is 14.2. The molecule has 1 aliphatic heterocycles. The Balaban J connectivity index is 2.05. The van der Waals surface area contributed by atoms with Crippen molar-refractivity contribution in [2.75, 3.05) is 0 Å². The zero-order chi connectivity index (χ0) is 16.6. The van der Waals surface area contributed by atoms with Crippen molar-refractivity contribution in [2.24, 2.45) is 5.11 Å². The van der Waals surface area contributed by atoms with E-state index in [9.17, 15) is 9.18 Å². The molecule has 2 aromatic carbocycles. The highest BCUT2D eigenvalue weighted by Gasteiger charge is 2.42. The summed E-state index contributed by atoms with van der Waals surface area (Å²) >= 11 is 5.75. The molecule has 116 valence electrons. The van der Waals surface area contributed by atoms with Crippen LogP contribution in [0.25, 0.3) is 10.4 Å². The molecule has 1 aliphatic rings. The largest absolute Gasteiger partial charge is 0.444 e. The molecular formula is C15H9ClFN3O3. The van der Waals surface area contributed by atoms with Gasteiger partial charge in [0.2, 0.25) is 0 Å². The van der Waals surface area contributed by atoms with Crippen LogP contribution in [0.3, 0.4) is 0 Å². The number of carbonyl (C=O) groups is 1. The molecule has 0 spiro atoms. The van der Waals surface area contributed by atoms with E-state index in [1.807, 2.05) is 0 Å². The Hall–Kier alpha value is -2.76. The second-order valence-corrected chi connectivity index (χ2v) is 5.34. The monoisotopic (exact) mass is 333 g/mol. The van der Waals surface area contributed by atoms with Gasteiger partial charge in [-0.05, 0) is 41.0 Å². The van der Waals surface area contributed by atoms with Gasteiger partial charge in [0.05, 0.1) is 11.1 Å². The molecule has 8 heteroatoms. The lowest BCUT2D eigenvalue weighted by molar-refractivity contribution is -0.0708. The molecule has 0 aliphatic carbocycles. The van der Waals surface area contributed by atoms with E-state index < -0.39 is 17.5 Å². The molecule has 1 atom stereocenters. The molecule has 0 saturated heterocycles. The predicted octanol–water partition coefficient (Wildman–Crippen LogP) is 4.57. The van der Waals surface area contributed by atoms with Crippen LogP contribution in [0.5, 0.6) is 11.5 Å². The molecule has 2 aromatic rings. The lowest BCUT2D eigenvalue weighted by atomic mass is 10.1. The van der Waals surface area contributed by atoms with Gasteiger partial charge in [-0.1, -0.05) is 17.7 Å². The standard InChI is InChI=1S/C15H9ClFN3O3/c1-15(10-6-5-8(16)7-11(10)17)22-12-4-2-3-9(13(12)23-15)14(21)19-20-18/h2-7H,1H3. The second-order valence-electron chi connectivity index (χ2n) is 4.90. The van der Waals surface area contributed by atoms with Crippen molar-refractivity contribution in [1.82, 2.24) is 0 Å². The number of halogens is 2. The normalized spacial score (nSPS) is 18.4. The number of hydrogen-bond acceptors (Lipinski definition) is 3. The number of para-hydroxylation sites is 1. The third kappa shape index (κ3) is 2.56. The van der Waals surface area contributed by atoms with Crippen LogP contribution in [0.4, 0.5) is 4.39 Å².